The lowest BCUT2D eigenvalue weighted by atomic mass is 10.2. The van der Waals surface area contributed by atoms with Gasteiger partial charge in [-0.15, -0.1) is 5.11 Å². The van der Waals surface area contributed by atoms with E-state index in [0.717, 1.165) is 0 Å². The molecular weight excluding hydrogens is 264 g/mol. The normalized spacial score (nSPS) is 10.2. The minimum Gasteiger partial charge on any atom is -0.494 e. The molecule has 20 heavy (non-hydrogen) atoms. The molecular formula is C12H16N4O4. The van der Waals surface area contributed by atoms with Crippen molar-refractivity contribution >= 4 is 24.3 Å². The number of anilines is 1. The van der Waals surface area contributed by atoms with Crippen LogP contribution in [0.2, 0.25) is 0 Å². The lowest BCUT2D eigenvalue weighted by molar-refractivity contribution is -0.132. The van der Waals surface area contributed by atoms with Crippen LogP contribution >= 0.6 is 0 Å². The second kappa shape index (κ2) is 7.72. The highest BCUT2D eigenvalue weighted by atomic mass is 16.5. The van der Waals surface area contributed by atoms with Crippen LogP contribution in [-0.4, -0.2) is 45.8 Å². The molecule has 0 aliphatic carbocycles. The number of amides is 1. The van der Waals surface area contributed by atoms with Crippen molar-refractivity contribution in [1.82, 2.24) is 5.01 Å². The van der Waals surface area contributed by atoms with Crippen molar-refractivity contribution in [2.24, 2.45) is 10.3 Å². The second-order valence-electron chi connectivity index (χ2n) is 3.81. The Hall–Kier alpha value is -2.64. The highest BCUT2D eigenvalue weighted by Gasteiger charge is 2.07. The fraction of sp³-hybridized carbons (Fsp3) is 0.333. The van der Waals surface area contributed by atoms with E-state index in [9.17, 15) is 9.59 Å². The molecule has 8 heteroatoms. The maximum Gasteiger partial charge on any atom is 0.294 e. The second-order valence-corrected chi connectivity index (χ2v) is 3.81. The van der Waals surface area contributed by atoms with E-state index >= 15 is 0 Å². The van der Waals surface area contributed by atoms with Gasteiger partial charge in [0, 0.05) is 19.8 Å². The standard InChI is InChI=1S/C12H16N4O4/c1-15(7-17)10-4-5-12(19-3)11(6-10)13-14-16(2)8-20-9-18/h4-7,9H,8H2,1-3H3. The maximum absolute atomic E-state index is 10.7. The van der Waals surface area contributed by atoms with Crippen LogP contribution in [0.5, 0.6) is 5.75 Å². The van der Waals surface area contributed by atoms with Gasteiger partial charge < -0.3 is 14.4 Å². The molecule has 0 unspecified atom stereocenters. The van der Waals surface area contributed by atoms with E-state index in [-0.39, 0.29) is 6.73 Å². The van der Waals surface area contributed by atoms with Gasteiger partial charge in [0.2, 0.25) is 6.41 Å². The van der Waals surface area contributed by atoms with Gasteiger partial charge in [0.1, 0.15) is 11.4 Å². The molecule has 8 nitrogen and oxygen atoms in total. The SMILES string of the molecule is COc1ccc(N(C)C=O)cc1N=NN(C)COC=O. The molecule has 0 aliphatic heterocycles. The van der Waals surface area contributed by atoms with Crippen LogP contribution in [-0.2, 0) is 14.3 Å². The first-order valence-electron chi connectivity index (χ1n) is 5.66. The van der Waals surface area contributed by atoms with E-state index in [2.05, 4.69) is 15.1 Å². The highest BCUT2D eigenvalue weighted by molar-refractivity contribution is 5.76. The molecule has 0 spiro atoms. The van der Waals surface area contributed by atoms with Crippen molar-refractivity contribution in [3.05, 3.63) is 18.2 Å². The van der Waals surface area contributed by atoms with Crippen molar-refractivity contribution in [3.8, 4) is 5.75 Å². The number of carbonyl (C=O) groups is 2. The number of carbonyl (C=O) groups excluding carboxylic acids is 2. The van der Waals surface area contributed by atoms with Crippen LogP contribution in [0.25, 0.3) is 0 Å². The first kappa shape index (κ1) is 15.4. The van der Waals surface area contributed by atoms with Gasteiger partial charge in [0.05, 0.1) is 7.11 Å². The van der Waals surface area contributed by atoms with Gasteiger partial charge in [-0.25, -0.2) is 5.01 Å². The van der Waals surface area contributed by atoms with E-state index in [4.69, 9.17) is 4.74 Å². The Balaban J connectivity index is 2.93. The molecule has 0 fully saturated rings. The largest absolute Gasteiger partial charge is 0.494 e. The minimum absolute atomic E-state index is 0.0107. The highest BCUT2D eigenvalue weighted by Crippen LogP contribution is 2.31. The molecule has 0 radical (unpaired) electrons. The average molecular weight is 280 g/mol. The number of methoxy groups -OCH3 is 1. The van der Waals surface area contributed by atoms with Gasteiger partial charge in [-0.05, 0) is 18.2 Å². The summed E-state index contributed by atoms with van der Waals surface area (Å²) < 4.78 is 9.69. The molecule has 0 atom stereocenters. The Morgan fingerprint density at radius 1 is 1.30 bits per heavy atom. The van der Waals surface area contributed by atoms with Crippen LogP contribution in [0, 0.1) is 0 Å². The van der Waals surface area contributed by atoms with Crippen molar-refractivity contribution in [2.75, 3.05) is 32.8 Å². The van der Waals surface area contributed by atoms with Crippen molar-refractivity contribution < 1.29 is 19.1 Å². The van der Waals surface area contributed by atoms with E-state index < -0.39 is 0 Å². The van der Waals surface area contributed by atoms with Crippen molar-refractivity contribution in [3.63, 3.8) is 0 Å². The zero-order chi connectivity index (χ0) is 15.0. The third-order valence-corrected chi connectivity index (χ3v) is 2.36. The van der Waals surface area contributed by atoms with Crippen molar-refractivity contribution in [2.45, 2.75) is 0 Å². The number of hydrogen-bond donors (Lipinski definition) is 0. The first-order valence-corrected chi connectivity index (χ1v) is 5.66. The number of benzene rings is 1. The Morgan fingerprint density at radius 3 is 2.65 bits per heavy atom. The summed E-state index contributed by atoms with van der Waals surface area (Å²) in [6, 6.07) is 5.07. The summed E-state index contributed by atoms with van der Waals surface area (Å²) in [6.45, 7) is 0.315. The lowest BCUT2D eigenvalue weighted by Crippen LogP contribution is -2.14. The summed E-state index contributed by atoms with van der Waals surface area (Å²) >= 11 is 0. The minimum atomic E-state index is -0.0107. The van der Waals surface area contributed by atoms with Crippen molar-refractivity contribution in [1.29, 1.82) is 0 Å². The van der Waals surface area contributed by atoms with Crippen LogP contribution < -0.4 is 9.64 Å². The molecule has 1 amide bonds. The summed E-state index contributed by atoms with van der Waals surface area (Å²) in [5, 5.41) is 9.19. The average Bonchev–Trinajstić information content (AvgIpc) is 2.49. The predicted molar refractivity (Wildman–Crippen MR) is 71.8 cm³/mol. The molecule has 0 bridgehead atoms. The summed E-state index contributed by atoms with van der Waals surface area (Å²) in [5.41, 5.74) is 1.11. The van der Waals surface area contributed by atoms with Gasteiger partial charge in [-0.3, -0.25) is 9.59 Å². The Kier molecular flexibility index (Phi) is 5.95. The van der Waals surface area contributed by atoms with Gasteiger partial charge in [0.15, 0.2) is 6.73 Å². The smallest absolute Gasteiger partial charge is 0.294 e. The molecule has 1 aromatic carbocycles. The molecule has 1 rings (SSSR count). The number of hydrogen-bond acceptors (Lipinski definition) is 6. The Labute approximate surface area is 116 Å². The van der Waals surface area contributed by atoms with E-state index in [1.807, 2.05) is 0 Å². The lowest BCUT2D eigenvalue weighted by Gasteiger charge is -2.13. The molecule has 108 valence electrons. The fourth-order valence-electron chi connectivity index (χ4n) is 1.33. The summed E-state index contributed by atoms with van der Waals surface area (Å²) in [4.78, 5) is 22.2. The van der Waals surface area contributed by atoms with E-state index in [0.29, 0.717) is 30.0 Å². The van der Waals surface area contributed by atoms with E-state index in [1.54, 1.807) is 32.3 Å². The molecule has 0 aliphatic rings. The molecule has 1 aromatic rings. The van der Waals surface area contributed by atoms with Crippen LogP contribution in [0.4, 0.5) is 11.4 Å². The van der Waals surface area contributed by atoms with E-state index in [1.165, 1.54) is 17.0 Å². The number of ether oxygens (including phenoxy) is 2. The molecule has 0 saturated heterocycles. The van der Waals surface area contributed by atoms with Crippen LogP contribution in [0.15, 0.2) is 28.5 Å². The molecule has 0 saturated carbocycles. The van der Waals surface area contributed by atoms with Gasteiger partial charge in [0.25, 0.3) is 6.47 Å². The molecule has 0 N–H and O–H groups in total. The number of rotatable bonds is 8. The zero-order valence-electron chi connectivity index (χ0n) is 11.5. The fourth-order valence-corrected chi connectivity index (χ4v) is 1.33. The quantitative estimate of drug-likeness (QED) is 0.310. The number of nitrogens with zero attached hydrogens (tertiary/aromatic N) is 4. The maximum atomic E-state index is 10.7. The van der Waals surface area contributed by atoms with Crippen LogP contribution in [0.1, 0.15) is 0 Å². The Bertz CT molecular complexity index is 492. The van der Waals surface area contributed by atoms with Gasteiger partial charge in [-0.2, -0.15) is 0 Å². The molecule has 0 aromatic heterocycles. The monoisotopic (exact) mass is 280 g/mol. The topological polar surface area (TPSA) is 83.8 Å². The summed E-state index contributed by atoms with van der Waals surface area (Å²) in [6.07, 6.45) is 0.687. The van der Waals surface area contributed by atoms with Gasteiger partial charge >= 0.3 is 0 Å². The Morgan fingerprint density at radius 2 is 2.05 bits per heavy atom. The summed E-state index contributed by atoms with van der Waals surface area (Å²) in [7, 11) is 4.73. The van der Waals surface area contributed by atoms with Crippen LogP contribution in [0.3, 0.4) is 0 Å². The first-order chi connectivity index (χ1) is 9.62. The predicted octanol–water partition coefficient (Wildman–Crippen LogP) is 1.35. The zero-order valence-corrected chi connectivity index (χ0v) is 11.5. The third-order valence-electron chi connectivity index (χ3n) is 2.36. The third kappa shape index (κ3) is 4.23. The summed E-state index contributed by atoms with van der Waals surface area (Å²) in [5.74, 6) is 0.515. The molecule has 0 heterocycles. The van der Waals surface area contributed by atoms with Gasteiger partial charge in [-0.1, -0.05) is 5.22 Å².